The lowest BCUT2D eigenvalue weighted by Crippen LogP contribution is -2.22. The molecule has 0 spiro atoms. The van der Waals surface area contributed by atoms with Crippen molar-refractivity contribution in [3.63, 3.8) is 0 Å². The molecule has 2 aromatic carbocycles. The van der Waals surface area contributed by atoms with Gasteiger partial charge in [-0.05, 0) is 60.1 Å². The molecule has 0 aromatic heterocycles. The summed E-state index contributed by atoms with van der Waals surface area (Å²) in [5, 5.41) is 0. The third-order valence-corrected chi connectivity index (χ3v) is 5.39. The molecule has 0 radical (unpaired) electrons. The van der Waals surface area contributed by atoms with E-state index in [1.807, 2.05) is 12.1 Å². The Morgan fingerprint density at radius 2 is 1.04 bits per heavy atom. The third-order valence-electron chi connectivity index (χ3n) is 5.39. The zero-order valence-corrected chi connectivity index (χ0v) is 15.7. The second-order valence-corrected chi connectivity index (χ2v) is 7.09. The van der Waals surface area contributed by atoms with E-state index >= 15 is 0 Å². The van der Waals surface area contributed by atoms with E-state index in [1.165, 1.54) is 12.1 Å². The van der Waals surface area contributed by atoms with Crippen molar-refractivity contribution in [3.05, 3.63) is 59.2 Å². The Morgan fingerprint density at radius 1 is 0.607 bits per heavy atom. The fourth-order valence-corrected chi connectivity index (χ4v) is 3.77. The zero-order chi connectivity index (χ0) is 19.3. The van der Waals surface area contributed by atoms with Crippen LogP contribution < -0.4 is 9.47 Å². The van der Waals surface area contributed by atoms with E-state index in [4.69, 9.17) is 18.9 Å². The number of ether oxygens (including phenoxy) is 4. The summed E-state index contributed by atoms with van der Waals surface area (Å²) in [4.78, 5) is 0. The molecule has 4 bridgehead atoms. The molecule has 150 valence electrons. The summed E-state index contributed by atoms with van der Waals surface area (Å²) < 4.78 is 50.6. The smallest absolute Gasteiger partial charge is 0.165 e. The lowest BCUT2D eigenvalue weighted by molar-refractivity contribution is 0.0267. The van der Waals surface area contributed by atoms with Crippen molar-refractivity contribution >= 4 is 0 Å². The van der Waals surface area contributed by atoms with Crippen LogP contribution in [-0.2, 0) is 9.47 Å². The summed E-state index contributed by atoms with van der Waals surface area (Å²) in [5.74, 6) is 0.0450. The Bertz CT molecular complexity index is 744. The first-order valence-corrected chi connectivity index (χ1v) is 9.72. The first-order valence-electron chi connectivity index (χ1n) is 9.72. The van der Waals surface area contributed by atoms with Gasteiger partial charge in [-0.3, -0.25) is 0 Å². The molecule has 2 aromatic rings. The topological polar surface area (TPSA) is 36.9 Å². The van der Waals surface area contributed by atoms with E-state index in [1.54, 1.807) is 12.1 Å². The van der Waals surface area contributed by atoms with Crippen LogP contribution in [0.1, 0.15) is 35.8 Å². The van der Waals surface area contributed by atoms with Crippen LogP contribution in [0.15, 0.2) is 36.4 Å². The van der Waals surface area contributed by atoms with Crippen LogP contribution in [0.3, 0.4) is 0 Å². The normalized spacial score (nSPS) is 23.2. The first-order chi connectivity index (χ1) is 13.7. The van der Waals surface area contributed by atoms with Gasteiger partial charge in [0.15, 0.2) is 23.1 Å². The van der Waals surface area contributed by atoms with Crippen LogP contribution in [0.5, 0.6) is 11.5 Å². The molecule has 3 heterocycles. The number of hydrogen-bond acceptors (Lipinski definition) is 4. The minimum absolute atomic E-state index is 0.178. The zero-order valence-electron chi connectivity index (χ0n) is 15.7. The predicted molar refractivity (Wildman–Crippen MR) is 100 cm³/mol. The molecule has 1 saturated carbocycles. The summed E-state index contributed by atoms with van der Waals surface area (Å²) >= 11 is 0. The second-order valence-electron chi connectivity index (χ2n) is 7.09. The number of rotatable bonds is 0. The maximum atomic E-state index is 14.4. The van der Waals surface area contributed by atoms with Crippen molar-refractivity contribution in [2.75, 3.05) is 39.6 Å². The number of benzene rings is 2. The molecule has 6 heteroatoms. The summed E-state index contributed by atoms with van der Waals surface area (Å²) in [6.45, 7) is 2.05. The molecule has 4 nitrogen and oxygen atoms in total. The van der Waals surface area contributed by atoms with Crippen LogP contribution in [0.25, 0.3) is 0 Å². The Morgan fingerprint density at radius 3 is 1.43 bits per heavy atom. The maximum Gasteiger partial charge on any atom is 0.165 e. The monoisotopic (exact) mass is 390 g/mol. The van der Waals surface area contributed by atoms with E-state index < -0.39 is 0 Å². The Labute approximate surface area is 163 Å². The molecule has 6 rings (SSSR count). The van der Waals surface area contributed by atoms with Gasteiger partial charge in [-0.1, -0.05) is 12.1 Å². The predicted octanol–water partition coefficient (Wildman–Crippen LogP) is 4.43. The summed E-state index contributed by atoms with van der Waals surface area (Å²) in [5.41, 5.74) is 1.84. The molecule has 28 heavy (non-hydrogen) atoms. The van der Waals surface area contributed by atoms with Crippen LogP contribution in [0.2, 0.25) is 0 Å². The van der Waals surface area contributed by atoms with Crippen LogP contribution in [0.4, 0.5) is 8.78 Å². The molecular weight excluding hydrogens is 366 g/mol. The lowest BCUT2D eigenvalue weighted by Gasteiger charge is -2.37. The fourth-order valence-electron chi connectivity index (χ4n) is 3.77. The summed E-state index contributed by atoms with van der Waals surface area (Å²) in [7, 11) is 0. The SMILES string of the molecule is Fc1cc2ccc1OCCOCCOCCOc1ccc(cc1F)[C@@H]1CC[C@H]21. The van der Waals surface area contributed by atoms with Gasteiger partial charge in [0.2, 0.25) is 0 Å². The molecule has 4 aliphatic rings. The third kappa shape index (κ3) is 4.28. The van der Waals surface area contributed by atoms with Gasteiger partial charge in [0.05, 0.1) is 26.4 Å². The minimum atomic E-state index is -0.379. The molecule has 0 amide bonds. The Kier molecular flexibility index (Phi) is 6.07. The van der Waals surface area contributed by atoms with Crippen molar-refractivity contribution < 1.29 is 27.7 Å². The van der Waals surface area contributed by atoms with E-state index in [2.05, 4.69) is 0 Å². The Balaban J connectivity index is 1.55. The van der Waals surface area contributed by atoms with Gasteiger partial charge < -0.3 is 18.9 Å². The average Bonchev–Trinajstić information content (AvgIpc) is 2.64. The lowest BCUT2D eigenvalue weighted by atomic mass is 9.67. The van der Waals surface area contributed by atoms with Crippen LogP contribution in [0, 0.1) is 11.6 Å². The summed E-state index contributed by atoms with van der Waals surface area (Å²) in [6, 6.07) is 10.2. The average molecular weight is 390 g/mol. The van der Waals surface area contributed by atoms with Crippen molar-refractivity contribution in [2.24, 2.45) is 0 Å². The van der Waals surface area contributed by atoms with E-state index in [9.17, 15) is 8.78 Å². The molecule has 0 N–H and O–H groups in total. The molecule has 1 aliphatic carbocycles. The van der Waals surface area contributed by atoms with E-state index in [0.717, 1.165) is 24.0 Å². The highest BCUT2D eigenvalue weighted by Gasteiger charge is 2.34. The summed E-state index contributed by atoms with van der Waals surface area (Å²) in [6.07, 6.45) is 1.91. The van der Waals surface area contributed by atoms with Crippen LogP contribution >= 0.6 is 0 Å². The van der Waals surface area contributed by atoms with E-state index in [0.29, 0.717) is 26.4 Å². The first kappa shape index (κ1) is 19.2. The van der Waals surface area contributed by atoms with Crippen molar-refractivity contribution in [3.8, 4) is 11.5 Å². The molecular formula is C22H24F2O4. The highest BCUT2D eigenvalue weighted by atomic mass is 19.1. The Hall–Kier alpha value is -2.18. The van der Waals surface area contributed by atoms with Crippen molar-refractivity contribution in [1.29, 1.82) is 0 Å². The minimum Gasteiger partial charge on any atom is -0.488 e. The fraction of sp³-hybridized carbons (Fsp3) is 0.455. The maximum absolute atomic E-state index is 14.4. The number of hydrogen-bond donors (Lipinski definition) is 0. The largest absolute Gasteiger partial charge is 0.488 e. The van der Waals surface area contributed by atoms with Gasteiger partial charge in [-0.15, -0.1) is 0 Å². The number of fused-ring (bicyclic) bond motifs is 2. The van der Waals surface area contributed by atoms with Gasteiger partial charge in [0, 0.05) is 0 Å². The van der Waals surface area contributed by atoms with Gasteiger partial charge in [-0.2, -0.15) is 0 Å². The van der Waals surface area contributed by atoms with Crippen molar-refractivity contribution in [1.82, 2.24) is 0 Å². The van der Waals surface area contributed by atoms with Gasteiger partial charge in [-0.25, -0.2) is 8.78 Å². The molecule has 0 unspecified atom stereocenters. The van der Waals surface area contributed by atoms with Gasteiger partial charge in [0.25, 0.3) is 0 Å². The van der Waals surface area contributed by atoms with Gasteiger partial charge >= 0.3 is 0 Å². The van der Waals surface area contributed by atoms with Gasteiger partial charge in [0.1, 0.15) is 13.2 Å². The van der Waals surface area contributed by atoms with Crippen molar-refractivity contribution in [2.45, 2.75) is 24.7 Å². The highest BCUT2D eigenvalue weighted by Crippen LogP contribution is 2.49. The molecule has 2 atom stereocenters. The molecule has 0 saturated heterocycles. The quantitative estimate of drug-likeness (QED) is 0.667. The van der Waals surface area contributed by atoms with E-state index in [-0.39, 0.29) is 48.2 Å². The van der Waals surface area contributed by atoms with Crippen LogP contribution in [-0.4, -0.2) is 39.6 Å². The number of halogens is 2. The molecule has 3 aliphatic heterocycles. The standard InChI is InChI=1S/C22H24F2O4/c23-19-13-15-1-5-21(19)27-11-9-25-7-8-26-10-12-28-22-6-2-16(14-20(22)24)18-4-3-17(15)18/h1-2,5-6,13-14,17-18H,3-4,7-12H2/t17-,18+. The second kappa shape index (κ2) is 8.88. The molecule has 1 fully saturated rings. The highest BCUT2D eigenvalue weighted by molar-refractivity contribution is 5.38.